The quantitative estimate of drug-likeness (QED) is 0.922. The lowest BCUT2D eigenvalue weighted by Gasteiger charge is -2.36. The van der Waals surface area contributed by atoms with E-state index in [0.29, 0.717) is 30.1 Å². The van der Waals surface area contributed by atoms with E-state index >= 15 is 0 Å². The van der Waals surface area contributed by atoms with E-state index in [4.69, 9.17) is 10.00 Å². The largest absolute Gasteiger partial charge is 0.481 e. The van der Waals surface area contributed by atoms with Gasteiger partial charge in [-0.05, 0) is 18.2 Å². The normalized spacial score (nSPS) is 14.4. The summed E-state index contributed by atoms with van der Waals surface area (Å²) in [6, 6.07) is 9.67. The molecule has 0 radical (unpaired) electrons. The third-order valence-corrected chi connectivity index (χ3v) is 3.95. The van der Waals surface area contributed by atoms with Crippen molar-refractivity contribution in [1.29, 1.82) is 5.26 Å². The molecule has 0 unspecified atom stereocenters. The van der Waals surface area contributed by atoms with E-state index in [9.17, 15) is 4.79 Å². The molecular formula is C16H17N5O2. The lowest BCUT2D eigenvalue weighted by molar-refractivity contribution is 0.0743. The van der Waals surface area contributed by atoms with Crippen molar-refractivity contribution in [3.8, 4) is 11.9 Å². The number of anilines is 1. The number of nitriles is 1. The average Bonchev–Trinajstić information content (AvgIpc) is 3.10. The molecule has 2 heterocycles. The number of ether oxygens (including phenoxy) is 1. The highest BCUT2D eigenvalue weighted by molar-refractivity contribution is 5.96. The first-order chi connectivity index (χ1) is 11.2. The molecule has 23 heavy (non-hydrogen) atoms. The minimum absolute atomic E-state index is 0.0824. The Bertz CT molecular complexity index is 741. The number of methoxy groups -OCH3 is 1. The third-order valence-electron chi connectivity index (χ3n) is 3.95. The Hall–Kier alpha value is -3.01. The first-order valence-corrected chi connectivity index (χ1v) is 7.34. The molecule has 3 rings (SSSR count). The van der Waals surface area contributed by atoms with Crippen LogP contribution in [0, 0.1) is 11.3 Å². The number of H-pyrrole nitrogens is 1. The molecule has 0 spiro atoms. The van der Waals surface area contributed by atoms with E-state index in [1.54, 1.807) is 11.0 Å². The number of carbonyl (C=O) groups excluding carboxylic acids is 1. The summed E-state index contributed by atoms with van der Waals surface area (Å²) in [4.78, 5) is 16.5. The van der Waals surface area contributed by atoms with Gasteiger partial charge >= 0.3 is 0 Å². The standard InChI is InChI=1S/C16H17N5O2/c1-23-15-14(11-18-19-15)16(22)21-7-5-20(6-8-21)13-4-2-3-12(9-13)10-17/h2-4,9,11H,5-8H2,1H3,(H,18,19). The predicted octanol–water partition coefficient (Wildman–Crippen LogP) is 1.25. The third kappa shape index (κ3) is 2.97. The second-order valence-electron chi connectivity index (χ2n) is 5.26. The summed E-state index contributed by atoms with van der Waals surface area (Å²) in [6.07, 6.45) is 1.49. The summed E-state index contributed by atoms with van der Waals surface area (Å²) in [5, 5.41) is 15.5. The van der Waals surface area contributed by atoms with E-state index in [-0.39, 0.29) is 5.91 Å². The molecule has 0 saturated carbocycles. The zero-order valence-corrected chi connectivity index (χ0v) is 12.8. The summed E-state index contributed by atoms with van der Waals surface area (Å²) in [6.45, 7) is 2.68. The zero-order chi connectivity index (χ0) is 16.2. The van der Waals surface area contributed by atoms with E-state index < -0.39 is 0 Å². The molecule has 1 aromatic heterocycles. The van der Waals surface area contributed by atoms with Crippen LogP contribution in [0.25, 0.3) is 0 Å². The number of amides is 1. The molecule has 1 N–H and O–H groups in total. The number of rotatable bonds is 3. The maximum atomic E-state index is 12.5. The fourth-order valence-corrected chi connectivity index (χ4v) is 2.69. The molecule has 1 amide bonds. The maximum absolute atomic E-state index is 12.5. The van der Waals surface area contributed by atoms with Gasteiger partial charge in [-0.2, -0.15) is 10.4 Å². The Kier molecular flexibility index (Phi) is 4.15. The fraction of sp³-hybridized carbons (Fsp3) is 0.312. The summed E-state index contributed by atoms with van der Waals surface area (Å²) < 4.78 is 5.11. The van der Waals surface area contributed by atoms with Crippen LogP contribution in [-0.4, -0.2) is 54.3 Å². The summed E-state index contributed by atoms with van der Waals surface area (Å²) in [5.41, 5.74) is 2.11. The van der Waals surface area contributed by atoms with Gasteiger partial charge in [0.25, 0.3) is 5.91 Å². The smallest absolute Gasteiger partial charge is 0.261 e. The van der Waals surface area contributed by atoms with Crippen molar-refractivity contribution < 1.29 is 9.53 Å². The molecular weight excluding hydrogens is 294 g/mol. The van der Waals surface area contributed by atoms with Gasteiger partial charge in [0.2, 0.25) is 5.88 Å². The van der Waals surface area contributed by atoms with Crippen LogP contribution in [0.4, 0.5) is 5.69 Å². The van der Waals surface area contributed by atoms with Crippen molar-refractivity contribution >= 4 is 11.6 Å². The second kappa shape index (κ2) is 6.40. The Labute approximate surface area is 134 Å². The molecule has 1 aromatic carbocycles. The predicted molar refractivity (Wildman–Crippen MR) is 84.4 cm³/mol. The van der Waals surface area contributed by atoms with Crippen LogP contribution in [0.5, 0.6) is 5.88 Å². The first kappa shape index (κ1) is 14.9. The van der Waals surface area contributed by atoms with Crippen molar-refractivity contribution in [2.75, 3.05) is 38.2 Å². The van der Waals surface area contributed by atoms with Gasteiger partial charge in [0, 0.05) is 31.9 Å². The van der Waals surface area contributed by atoms with E-state index in [1.165, 1.54) is 13.3 Å². The van der Waals surface area contributed by atoms with Gasteiger partial charge in [0.05, 0.1) is 24.9 Å². The van der Waals surface area contributed by atoms with Crippen molar-refractivity contribution in [2.45, 2.75) is 0 Å². The fourth-order valence-electron chi connectivity index (χ4n) is 2.69. The molecule has 0 aliphatic carbocycles. The van der Waals surface area contributed by atoms with Gasteiger partial charge in [-0.25, -0.2) is 5.10 Å². The Morgan fingerprint density at radius 2 is 2.13 bits per heavy atom. The summed E-state index contributed by atoms with van der Waals surface area (Å²) in [7, 11) is 1.50. The molecule has 1 saturated heterocycles. The van der Waals surface area contributed by atoms with Gasteiger partial charge < -0.3 is 14.5 Å². The summed E-state index contributed by atoms with van der Waals surface area (Å²) >= 11 is 0. The monoisotopic (exact) mass is 311 g/mol. The zero-order valence-electron chi connectivity index (χ0n) is 12.8. The van der Waals surface area contributed by atoms with Crippen molar-refractivity contribution in [3.63, 3.8) is 0 Å². The van der Waals surface area contributed by atoms with E-state index in [1.807, 2.05) is 18.2 Å². The number of aromatic amines is 1. The topological polar surface area (TPSA) is 85.2 Å². The maximum Gasteiger partial charge on any atom is 0.261 e. The highest BCUT2D eigenvalue weighted by Crippen LogP contribution is 2.20. The van der Waals surface area contributed by atoms with Crippen molar-refractivity contribution in [2.24, 2.45) is 0 Å². The Balaban J connectivity index is 1.66. The number of piperazine rings is 1. The number of carbonyl (C=O) groups is 1. The highest BCUT2D eigenvalue weighted by atomic mass is 16.5. The molecule has 1 fully saturated rings. The number of benzene rings is 1. The minimum atomic E-state index is -0.0824. The molecule has 0 bridgehead atoms. The van der Waals surface area contributed by atoms with Crippen LogP contribution in [0.1, 0.15) is 15.9 Å². The molecule has 1 aliphatic rings. The van der Waals surface area contributed by atoms with Gasteiger partial charge in [-0.15, -0.1) is 0 Å². The number of nitrogens with one attached hydrogen (secondary N) is 1. The number of hydrogen-bond donors (Lipinski definition) is 1. The number of aromatic nitrogens is 2. The van der Waals surface area contributed by atoms with Crippen LogP contribution in [0.2, 0.25) is 0 Å². The lowest BCUT2D eigenvalue weighted by atomic mass is 10.1. The SMILES string of the molecule is COc1[nH]ncc1C(=O)N1CCN(c2cccc(C#N)c2)CC1. The van der Waals surface area contributed by atoms with Crippen molar-refractivity contribution in [3.05, 3.63) is 41.6 Å². The van der Waals surface area contributed by atoms with Crippen LogP contribution in [0.15, 0.2) is 30.5 Å². The number of hydrogen-bond acceptors (Lipinski definition) is 5. The van der Waals surface area contributed by atoms with Crippen LogP contribution in [-0.2, 0) is 0 Å². The van der Waals surface area contributed by atoms with E-state index in [0.717, 1.165) is 18.8 Å². The molecule has 0 atom stereocenters. The van der Waals surface area contributed by atoms with E-state index in [2.05, 4.69) is 21.2 Å². The first-order valence-electron chi connectivity index (χ1n) is 7.34. The van der Waals surface area contributed by atoms with Gasteiger partial charge in [-0.1, -0.05) is 6.07 Å². The number of nitrogens with zero attached hydrogens (tertiary/aromatic N) is 4. The minimum Gasteiger partial charge on any atom is -0.481 e. The molecule has 7 heteroatoms. The van der Waals surface area contributed by atoms with Crippen molar-refractivity contribution in [1.82, 2.24) is 15.1 Å². The molecule has 118 valence electrons. The lowest BCUT2D eigenvalue weighted by Crippen LogP contribution is -2.48. The van der Waals surface area contributed by atoms with Crippen LogP contribution < -0.4 is 9.64 Å². The van der Waals surface area contributed by atoms with Crippen LogP contribution >= 0.6 is 0 Å². The molecule has 1 aliphatic heterocycles. The second-order valence-corrected chi connectivity index (χ2v) is 5.26. The molecule has 2 aromatic rings. The van der Waals surface area contributed by atoms with Gasteiger partial charge in [0.15, 0.2) is 0 Å². The Morgan fingerprint density at radius 1 is 1.35 bits per heavy atom. The highest BCUT2D eigenvalue weighted by Gasteiger charge is 2.25. The van der Waals surface area contributed by atoms with Gasteiger partial charge in [0.1, 0.15) is 5.56 Å². The van der Waals surface area contributed by atoms with Gasteiger partial charge in [-0.3, -0.25) is 4.79 Å². The summed E-state index contributed by atoms with van der Waals surface area (Å²) in [5.74, 6) is 0.306. The van der Waals surface area contributed by atoms with Crippen LogP contribution in [0.3, 0.4) is 0 Å². The average molecular weight is 311 g/mol. The molecule has 7 nitrogen and oxygen atoms in total. The Morgan fingerprint density at radius 3 is 2.83 bits per heavy atom.